The van der Waals surface area contributed by atoms with E-state index in [-0.39, 0.29) is 27.9 Å². The van der Waals surface area contributed by atoms with Crippen molar-refractivity contribution in [1.29, 1.82) is 0 Å². The Morgan fingerprint density at radius 3 is 1.84 bits per heavy atom. The highest BCUT2D eigenvalue weighted by Gasteiger charge is 2.18. The summed E-state index contributed by atoms with van der Waals surface area (Å²) in [6.45, 7) is 0. The van der Waals surface area contributed by atoms with Crippen molar-refractivity contribution in [3.05, 3.63) is 212 Å². The SMILES string of the molecule is [2H]c1c([2H])c([2H])c(-c2ccc(-c3c([2H])c([2H])c(N(c4ccc5c(ccc6ccccc65)c4)c4c([2H])c([2H])c(-c5c([2H])c([2H])c6c([2H])c([2H])c([2H])c([2H])c6c5[2H])c([2H])c4[2H])c([2H])c3[2H])c3c2sc2ccccc23)c([2H])c1[2H]. The second-order valence-corrected chi connectivity index (χ2v) is 14.0. The van der Waals surface area contributed by atoms with E-state index in [1.807, 2.05) is 42.5 Å². The number of hydrogen-bond acceptors (Lipinski definition) is 2. The summed E-state index contributed by atoms with van der Waals surface area (Å²) >= 11 is 1.26. The number of fused-ring (bicyclic) bond motifs is 7. The minimum atomic E-state index is -0.841. The van der Waals surface area contributed by atoms with Crippen LogP contribution in [0.15, 0.2) is 212 Å². The Morgan fingerprint density at radius 1 is 0.393 bits per heavy atom. The summed E-state index contributed by atoms with van der Waals surface area (Å²) in [4.78, 5) is 1.11. The third kappa shape index (κ3) is 5.54. The Bertz CT molecular complexity index is 4350. The van der Waals surface area contributed by atoms with Crippen molar-refractivity contribution in [2.75, 3.05) is 4.90 Å². The molecule has 56 heavy (non-hydrogen) atoms. The van der Waals surface area contributed by atoms with Gasteiger partial charge in [-0.05, 0) is 114 Å². The lowest BCUT2D eigenvalue weighted by atomic mass is 9.94. The predicted octanol–water partition coefficient (Wildman–Crippen LogP) is 16.0. The normalized spacial score (nSPS) is 16.6. The summed E-state index contributed by atoms with van der Waals surface area (Å²) in [6.07, 6.45) is 0. The summed E-state index contributed by atoms with van der Waals surface area (Å²) in [5.74, 6) is 0. The second kappa shape index (κ2) is 13.4. The van der Waals surface area contributed by atoms with Crippen molar-refractivity contribution in [3.63, 3.8) is 0 Å². The van der Waals surface area contributed by atoms with E-state index in [9.17, 15) is 12.3 Å². The maximum absolute atomic E-state index is 9.82. The standard InChI is InChI=1S/C54H35NS/c1-2-11-38(12-3-1)50-33-32-49(53-51-16-8-9-17-52(51)56-54(50)53)40-24-28-45(29-25-40)55(46-30-31-48-43(35-46)21-19-39-13-6-7-15-47(39)48)44-26-22-37(23-27-44)42-20-18-36-10-4-5-14-41(36)34-42/h1-35H/i1D,2D,3D,4D,5D,10D,11D,12D,14D,18D,20D,22D,23D,24D,25D,26D,27D,28D,29D,34D. The molecule has 0 atom stereocenters. The van der Waals surface area contributed by atoms with E-state index in [4.69, 9.17) is 15.1 Å². The summed E-state index contributed by atoms with van der Waals surface area (Å²) in [7, 11) is 0. The Hall–Kier alpha value is -7.00. The molecule has 0 N–H and O–H groups in total. The van der Waals surface area contributed by atoms with E-state index in [2.05, 4.69) is 0 Å². The first-order valence-electron chi connectivity index (χ1n) is 27.5. The average molecular weight is 750 g/mol. The largest absolute Gasteiger partial charge is 0.310 e. The molecule has 0 fully saturated rings. The molecule has 0 unspecified atom stereocenters. The molecule has 262 valence electrons. The first kappa shape index (κ1) is 18.1. The van der Waals surface area contributed by atoms with Gasteiger partial charge in [-0.1, -0.05) is 163 Å². The smallest absolute Gasteiger partial charge is 0.0645 e. The lowest BCUT2D eigenvalue weighted by Crippen LogP contribution is -2.09. The molecule has 11 rings (SSSR count). The Morgan fingerprint density at radius 2 is 1.02 bits per heavy atom. The van der Waals surface area contributed by atoms with Crippen LogP contribution < -0.4 is 4.90 Å². The zero-order valence-electron chi connectivity index (χ0n) is 49.0. The van der Waals surface area contributed by atoms with Crippen LogP contribution in [0.2, 0.25) is 0 Å². The van der Waals surface area contributed by atoms with E-state index < -0.39 is 154 Å². The maximum Gasteiger partial charge on any atom is 0.0645 e. The molecule has 0 aliphatic rings. The van der Waals surface area contributed by atoms with Crippen LogP contribution in [0.5, 0.6) is 0 Å². The van der Waals surface area contributed by atoms with E-state index >= 15 is 0 Å². The summed E-state index contributed by atoms with van der Waals surface area (Å²) in [5.41, 5.74) is -1.91. The molecule has 1 aromatic heterocycles. The molecule has 0 saturated heterocycles. The molecule has 0 aliphatic heterocycles. The van der Waals surface area contributed by atoms with Crippen molar-refractivity contribution in [2.45, 2.75) is 0 Å². The predicted molar refractivity (Wildman–Crippen MR) is 243 cm³/mol. The van der Waals surface area contributed by atoms with Crippen LogP contribution in [0, 0.1) is 0 Å². The molecule has 0 radical (unpaired) electrons. The fourth-order valence-corrected chi connectivity index (χ4v) is 8.38. The molecular formula is C54H35NS. The fraction of sp³-hybridized carbons (Fsp3) is 0. The van der Waals surface area contributed by atoms with E-state index in [0.29, 0.717) is 20.9 Å². The van der Waals surface area contributed by atoms with Crippen molar-refractivity contribution < 1.29 is 27.4 Å². The molecule has 0 aliphatic carbocycles. The number of hydrogen-bond donors (Lipinski definition) is 0. The van der Waals surface area contributed by atoms with Crippen molar-refractivity contribution in [2.24, 2.45) is 0 Å². The average Bonchev–Trinajstić information content (AvgIpc) is 3.86. The number of benzene rings is 10. The topological polar surface area (TPSA) is 3.24 Å². The minimum Gasteiger partial charge on any atom is -0.310 e. The van der Waals surface area contributed by atoms with Gasteiger partial charge in [0.1, 0.15) is 0 Å². The summed E-state index contributed by atoms with van der Waals surface area (Å²) in [5, 5.41) is 3.33. The summed E-state index contributed by atoms with van der Waals surface area (Å²) < 4.78 is 182. The monoisotopic (exact) mass is 749 g/mol. The molecule has 10 aromatic carbocycles. The van der Waals surface area contributed by atoms with Crippen LogP contribution in [0.25, 0.3) is 85.9 Å². The molecule has 2 heteroatoms. The molecule has 11 aromatic rings. The molecule has 0 saturated carbocycles. The first-order chi connectivity index (χ1) is 36.1. The van der Waals surface area contributed by atoms with Gasteiger partial charge in [0.2, 0.25) is 0 Å². The van der Waals surface area contributed by atoms with Gasteiger partial charge in [0, 0.05) is 37.2 Å². The van der Waals surface area contributed by atoms with Crippen LogP contribution >= 0.6 is 11.3 Å². The quantitative estimate of drug-likeness (QED) is 0.153. The number of thiophene rings is 1. The minimum absolute atomic E-state index is 0.0690. The van der Waals surface area contributed by atoms with Gasteiger partial charge in [0.25, 0.3) is 0 Å². The van der Waals surface area contributed by atoms with Crippen LogP contribution in [0.3, 0.4) is 0 Å². The first-order valence-corrected chi connectivity index (χ1v) is 18.4. The highest BCUT2D eigenvalue weighted by atomic mass is 32.1. The van der Waals surface area contributed by atoms with Crippen LogP contribution in [-0.2, 0) is 0 Å². The molecule has 0 spiro atoms. The lowest BCUT2D eigenvalue weighted by molar-refractivity contribution is 1.29. The maximum atomic E-state index is 9.82. The van der Waals surface area contributed by atoms with Crippen molar-refractivity contribution in [1.82, 2.24) is 0 Å². The van der Waals surface area contributed by atoms with Gasteiger partial charge < -0.3 is 4.90 Å². The third-order valence-corrected chi connectivity index (χ3v) is 10.9. The Kier molecular flexibility index (Phi) is 4.32. The van der Waals surface area contributed by atoms with Crippen LogP contribution in [0.4, 0.5) is 17.1 Å². The highest BCUT2D eigenvalue weighted by Crippen LogP contribution is 2.46. The highest BCUT2D eigenvalue weighted by molar-refractivity contribution is 7.26. The number of rotatable bonds is 6. The number of nitrogens with zero attached hydrogens (tertiary/aromatic N) is 1. The van der Waals surface area contributed by atoms with E-state index in [1.165, 1.54) is 23.5 Å². The molecular weight excluding hydrogens is 695 g/mol. The van der Waals surface area contributed by atoms with Gasteiger partial charge in [-0.2, -0.15) is 0 Å². The van der Waals surface area contributed by atoms with Crippen LogP contribution in [0.1, 0.15) is 27.4 Å². The third-order valence-electron chi connectivity index (χ3n) is 9.72. The summed E-state index contributed by atoms with van der Waals surface area (Å²) in [6, 6.07) is 13.1. The van der Waals surface area contributed by atoms with Crippen LogP contribution in [-0.4, -0.2) is 0 Å². The lowest BCUT2D eigenvalue weighted by Gasteiger charge is -2.26. The van der Waals surface area contributed by atoms with Crippen molar-refractivity contribution >= 4 is 80.9 Å². The Balaban J connectivity index is 1.20. The van der Waals surface area contributed by atoms with Gasteiger partial charge in [-0.25, -0.2) is 0 Å². The molecule has 0 amide bonds. The Labute approximate surface area is 358 Å². The van der Waals surface area contributed by atoms with Gasteiger partial charge in [0.15, 0.2) is 0 Å². The zero-order valence-corrected chi connectivity index (χ0v) is 29.8. The van der Waals surface area contributed by atoms with Crippen molar-refractivity contribution in [3.8, 4) is 33.4 Å². The van der Waals surface area contributed by atoms with Gasteiger partial charge in [-0.3, -0.25) is 0 Å². The van der Waals surface area contributed by atoms with Gasteiger partial charge in [0.05, 0.1) is 27.4 Å². The van der Waals surface area contributed by atoms with Gasteiger partial charge in [-0.15, -0.1) is 11.3 Å². The second-order valence-electron chi connectivity index (χ2n) is 12.9. The number of anilines is 3. The molecule has 0 bridgehead atoms. The van der Waals surface area contributed by atoms with Gasteiger partial charge >= 0.3 is 0 Å². The fourth-order valence-electron chi connectivity index (χ4n) is 7.13. The molecule has 1 heterocycles. The van der Waals surface area contributed by atoms with E-state index in [1.54, 1.807) is 36.4 Å². The zero-order chi connectivity index (χ0) is 54.4. The van der Waals surface area contributed by atoms with E-state index in [0.717, 1.165) is 25.8 Å². The molecule has 1 nitrogen and oxygen atoms in total.